The highest BCUT2D eigenvalue weighted by Crippen LogP contribution is 2.04. The lowest BCUT2D eigenvalue weighted by Gasteiger charge is -2.20. The monoisotopic (exact) mass is 225 g/mol. The van der Waals surface area contributed by atoms with Gasteiger partial charge in [-0.1, -0.05) is 0 Å². The van der Waals surface area contributed by atoms with Crippen molar-refractivity contribution in [1.29, 1.82) is 0 Å². The molecule has 0 saturated carbocycles. The molecule has 0 spiro atoms. The summed E-state index contributed by atoms with van der Waals surface area (Å²) in [5.41, 5.74) is 6.25. The van der Waals surface area contributed by atoms with Crippen LogP contribution in [0.25, 0.3) is 0 Å². The third kappa shape index (κ3) is 3.23. The molecule has 1 aromatic heterocycles. The number of hydrogen-bond acceptors (Lipinski definition) is 4. The van der Waals surface area contributed by atoms with Gasteiger partial charge in [0.2, 0.25) is 0 Å². The molecule has 4 N–H and O–H groups in total. The molecule has 1 rings (SSSR count). The first-order valence-electron chi connectivity index (χ1n) is 5.29. The van der Waals surface area contributed by atoms with Gasteiger partial charge in [0.1, 0.15) is 5.69 Å². The fourth-order valence-corrected chi connectivity index (χ4v) is 1.17. The Morgan fingerprint density at radius 1 is 1.69 bits per heavy atom. The van der Waals surface area contributed by atoms with Crippen molar-refractivity contribution in [3.05, 3.63) is 11.9 Å². The van der Waals surface area contributed by atoms with Crippen molar-refractivity contribution >= 4 is 11.6 Å². The Bertz CT molecular complexity index is 347. The molecule has 0 bridgehead atoms. The molecule has 1 amide bonds. The standard InChI is InChI=1S/C10H19N5O/c1-7(2)15(3)5-4-12-10(16)9-8(11)6-13-14-9/h6-7H,4-5,11H2,1-3H3,(H,12,16)(H,13,14). The van der Waals surface area contributed by atoms with Crippen LogP contribution >= 0.6 is 0 Å². The van der Waals surface area contributed by atoms with E-state index in [2.05, 4.69) is 34.3 Å². The van der Waals surface area contributed by atoms with Gasteiger partial charge in [0.25, 0.3) is 5.91 Å². The summed E-state index contributed by atoms with van der Waals surface area (Å²) in [5.74, 6) is -0.216. The Hall–Kier alpha value is -1.56. The second-order valence-electron chi connectivity index (χ2n) is 4.03. The molecule has 0 radical (unpaired) electrons. The van der Waals surface area contributed by atoms with Crippen LogP contribution in [-0.2, 0) is 0 Å². The number of nitrogens with zero attached hydrogens (tertiary/aromatic N) is 2. The average molecular weight is 225 g/mol. The van der Waals surface area contributed by atoms with Crippen LogP contribution in [0.15, 0.2) is 6.20 Å². The van der Waals surface area contributed by atoms with E-state index in [-0.39, 0.29) is 5.91 Å². The van der Waals surface area contributed by atoms with E-state index in [1.165, 1.54) is 6.20 Å². The minimum atomic E-state index is -0.216. The number of amides is 1. The maximum Gasteiger partial charge on any atom is 0.271 e. The molecule has 1 aromatic rings. The first-order valence-corrected chi connectivity index (χ1v) is 5.29. The summed E-state index contributed by atoms with van der Waals surface area (Å²) >= 11 is 0. The van der Waals surface area contributed by atoms with Gasteiger partial charge < -0.3 is 16.0 Å². The number of nitrogens with two attached hydrogens (primary N) is 1. The van der Waals surface area contributed by atoms with Crippen molar-refractivity contribution in [1.82, 2.24) is 20.4 Å². The van der Waals surface area contributed by atoms with E-state index >= 15 is 0 Å². The summed E-state index contributed by atoms with van der Waals surface area (Å²) in [6.45, 7) is 5.60. The van der Waals surface area contributed by atoms with Crippen molar-refractivity contribution in [2.24, 2.45) is 0 Å². The third-order valence-electron chi connectivity index (χ3n) is 2.53. The number of rotatable bonds is 5. The largest absolute Gasteiger partial charge is 0.396 e. The Balaban J connectivity index is 2.34. The van der Waals surface area contributed by atoms with E-state index in [9.17, 15) is 4.79 Å². The first-order chi connectivity index (χ1) is 7.52. The lowest BCUT2D eigenvalue weighted by atomic mass is 10.3. The van der Waals surface area contributed by atoms with Crippen molar-refractivity contribution in [3.63, 3.8) is 0 Å². The smallest absolute Gasteiger partial charge is 0.271 e. The molecule has 6 nitrogen and oxygen atoms in total. The maximum atomic E-state index is 11.6. The van der Waals surface area contributed by atoms with Crippen LogP contribution in [0, 0.1) is 0 Å². The molecule has 1 heterocycles. The number of carbonyl (C=O) groups is 1. The van der Waals surface area contributed by atoms with Gasteiger partial charge in [0, 0.05) is 19.1 Å². The molecule has 0 aliphatic heterocycles. The van der Waals surface area contributed by atoms with Gasteiger partial charge in [-0.25, -0.2) is 0 Å². The molecule has 6 heteroatoms. The number of aromatic amines is 1. The number of carbonyl (C=O) groups excluding carboxylic acids is 1. The Morgan fingerprint density at radius 2 is 2.38 bits per heavy atom. The number of hydrogen-bond donors (Lipinski definition) is 3. The number of aromatic nitrogens is 2. The highest BCUT2D eigenvalue weighted by Gasteiger charge is 2.11. The predicted molar refractivity (Wildman–Crippen MR) is 63.1 cm³/mol. The van der Waals surface area contributed by atoms with Crippen molar-refractivity contribution in [3.8, 4) is 0 Å². The van der Waals surface area contributed by atoms with Crippen molar-refractivity contribution < 1.29 is 4.79 Å². The second-order valence-corrected chi connectivity index (χ2v) is 4.03. The SMILES string of the molecule is CC(C)N(C)CCNC(=O)c1[nH]ncc1N. The van der Waals surface area contributed by atoms with E-state index in [0.717, 1.165) is 6.54 Å². The van der Waals surface area contributed by atoms with E-state index < -0.39 is 0 Å². The molecule has 0 fully saturated rings. The van der Waals surface area contributed by atoms with Crippen LogP contribution in [0.2, 0.25) is 0 Å². The van der Waals surface area contributed by atoms with E-state index in [4.69, 9.17) is 5.73 Å². The normalized spacial score (nSPS) is 11.1. The van der Waals surface area contributed by atoms with Gasteiger partial charge in [-0.05, 0) is 20.9 Å². The van der Waals surface area contributed by atoms with E-state index in [0.29, 0.717) is 24.0 Å². The lowest BCUT2D eigenvalue weighted by molar-refractivity contribution is 0.0944. The number of nitrogens with one attached hydrogen (secondary N) is 2. The van der Waals surface area contributed by atoms with Crippen LogP contribution in [-0.4, -0.2) is 47.2 Å². The number of anilines is 1. The van der Waals surface area contributed by atoms with E-state index in [1.54, 1.807) is 0 Å². The molecule has 0 saturated heterocycles. The minimum Gasteiger partial charge on any atom is -0.396 e. The number of nitrogen functional groups attached to an aromatic ring is 1. The molecule has 16 heavy (non-hydrogen) atoms. The molecule has 90 valence electrons. The third-order valence-corrected chi connectivity index (χ3v) is 2.53. The Morgan fingerprint density at radius 3 is 2.88 bits per heavy atom. The summed E-state index contributed by atoms with van der Waals surface area (Å²) in [6.07, 6.45) is 1.43. The van der Waals surface area contributed by atoms with E-state index in [1.807, 2.05) is 7.05 Å². The number of H-pyrrole nitrogens is 1. The molecule has 0 unspecified atom stereocenters. The Kier molecular flexibility index (Phi) is 4.30. The minimum absolute atomic E-state index is 0.216. The van der Waals surface area contributed by atoms with Crippen LogP contribution in [0.4, 0.5) is 5.69 Å². The van der Waals surface area contributed by atoms with Gasteiger partial charge >= 0.3 is 0 Å². The van der Waals surface area contributed by atoms with Gasteiger partial charge in [0.05, 0.1) is 11.9 Å². The molecule has 0 aromatic carbocycles. The summed E-state index contributed by atoms with van der Waals surface area (Å²) in [6, 6.07) is 0.467. The highest BCUT2D eigenvalue weighted by molar-refractivity contribution is 5.96. The van der Waals surface area contributed by atoms with Gasteiger partial charge in [-0.3, -0.25) is 9.89 Å². The Labute approximate surface area is 95.2 Å². The zero-order chi connectivity index (χ0) is 12.1. The van der Waals surface area contributed by atoms with Crippen LogP contribution in [0.1, 0.15) is 24.3 Å². The highest BCUT2D eigenvalue weighted by atomic mass is 16.1. The average Bonchev–Trinajstić information content (AvgIpc) is 2.64. The van der Waals surface area contributed by atoms with Crippen LogP contribution in [0.5, 0.6) is 0 Å². The summed E-state index contributed by atoms with van der Waals surface area (Å²) in [4.78, 5) is 13.7. The summed E-state index contributed by atoms with van der Waals surface area (Å²) < 4.78 is 0. The zero-order valence-corrected chi connectivity index (χ0v) is 9.95. The predicted octanol–water partition coefficient (Wildman–Crippen LogP) is 0.0619. The molecule has 0 aliphatic carbocycles. The summed E-state index contributed by atoms with van der Waals surface area (Å²) in [7, 11) is 2.02. The maximum absolute atomic E-state index is 11.6. The van der Waals surface area contributed by atoms with Gasteiger partial charge in [0.15, 0.2) is 0 Å². The molecule has 0 aliphatic rings. The number of likely N-dealkylation sites (N-methyl/N-ethyl adjacent to an activating group) is 1. The van der Waals surface area contributed by atoms with Gasteiger partial charge in [-0.2, -0.15) is 5.10 Å². The lowest BCUT2D eigenvalue weighted by Crippen LogP contribution is -2.36. The molecular weight excluding hydrogens is 206 g/mol. The summed E-state index contributed by atoms with van der Waals surface area (Å²) in [5, 5.41) is 9.04. The quantitative estimate of drug-likeness (QED) is 0.661. The fourth-order valence-electron chi connectivity index (χ4n) is 1.17. The first kappa shape index (κ1) is 12.5. The van der Waals surface area contributed by atoms with Crippen LogP contribution < -0.4 is 11.1 Å². The zero-order valence-electron chi connectivity index (χ0n) is 9.95. The van der Waals surface area contributed by atoms with Crippen molar-refractivity contribution in [2.75, 3.05) is 25.9 Å². The van der Waals surface area contributed by atoms with Gasteiger partial charge in [-0.15, -0.1) is 0 Å². The van der Waals surface area contributed by atoms with Crippen molar-refractivity contribution in [2.45, 2.75) is 19.9 Å². The molecular formula is C10H19N5O. The topological polar surface area (TPSA) is 87.0 Å². The fraction of sp³-hybridized carbons (Fsp3) is 0.600. The second kappa shape index (κ2) is 5.50. The molecule has 0 atom stereocenters. The van der Waals surface area contributed by atoms with Crippen LogP contribution in [0.3, 0.4) is 0 Å².